The molecule has 6 aromatic carbocycles. The second-order valence-electron chi connectivity index (χ2n) is 9.52. The van der Waals surface area contributed by atoms with Gasteiger partial charge in [-0.2, -0.15) is 26.3 Å². The molecule has 0 N–H and O–H groups in total. The third-order valence-corrected chi connectivity index (χ3v) is 10.3. The van der Waals surface area contributed by atoms with E-state index in [9.17, 15) is 26.3 Å². The summed E-state index contributed by atoms with van der Waals surface area (Å²) in [5.74, 6) is 0. The van der Waals surface area contributed by atoms with E-state index in [2.05, 4.69) is 0 Å². The van der Waals surface area contributed by atoms with Gasteiger partial charge in [-0.3, -0.25) is 0 Å². The maximum atomic E-state index is 15.0. The zero-order valence-electron chi connectivity index (χ0n) is 20.6. The predicted octanol–water partition coefficient (Wildman–Crippen LogP) is 8.82. The topological polar surface area (TPSA) is 17.1 Å². The molecule has 0 unspecified atom stereocenters. The van der Waals surface area contributed by atoms with E-state index in [1.165, 1.54) is 0 Å². The SMILES string of the molecule is O=P(c1ccc(C(F)(F)F)cc1)(c1ccc(C(F)(F)F)cc1)c1ccc2c3ccccc3c3ccccc3c2c1. The zero-order chi connectivity index (χ0) is 28.3. The van der Waals surface area contributed by atoms with Crippen LogP contribution in [-0.4, -0.2) is 0 Å². The first-order valence-electron chi connectivity index (χ1n) is 12.3. The van der Waals surface area contributed by atoms with Gasteiger partial charge >= 0.3 is 12.4 Å². The van der Waals surface area contributed by atoms with Crippen LogP contribution in [0.2, 0.25) is 0 Å². The molecule has 0 atom stereocenters. The highest BCUT2D eigenvalue weighted by Gasteiger charge is 2.35. The Morgan fingerprint density at radius 1 is 0.400 bits per heavy atom. The molecule has 0 aliphatic heterocycles. The number of benzene rings is 6. The number of hydrogen-bond acceptors (Lipinski definition) is 1. The molecule has 6 aromatic rings. The van der Waals surface area contributed by atoms with Gasteiger partial charge in [0.05, 0.1) is 11.1 Å². The van der Waals surface area contributed by atoms with E-state index in [4.69, 9.17) is 0 Å². The molecule has 0 bridgehead atoms. The standard InChI is InChI=1S/C32H19F6OP/c33-31(34,35)20-9-13-22(14-10-20)40(39,23-15-11-21(12-16-23)32(36,37)38)24-17-18-29-27-7-2-1-5-25(27)26-6-3-4-8-28(26)30(29)19-24/h1-19H. The summed E-state index contributed by atoms with van der Waals surface area (Å²) in [6.07, 6.45) is -9.19. The van der Waals surface area contributed by atoms with Crippen molar-refractivity contribution in [1.82, 2.24) is 0 Å². The molecule has 0 spiro atoms. The fourth-order valence-electron chi connectivity index (χ4n) is 5.26. The van der Waals surface area contributed by atoms with Crippen molar-refractivity contribution in [3.63, 3.8) is 0 Å². The minimum atomic E-state index is -4.60. The van der Waals surface area contributed by atoms with Crippen molar-refractivity contribution in [1.29, 1.82) is 0 Å². The summed E-state index contributed by atoms with van der Waals surface area (Å²) >= 11 is 0. The summed E-state index contributed by atoms with van der Waals surface area (Å²) in [7, 11) is -3.90. The summed E-state index contributed by atoms with van der Waals surface area (Å²) in [6.45, 7) is 0. The molecule has 0 aliphatic carbocycles. The molecule has 6 rings (SSSR count). The van der Waals surface area contributed by atoms with Crippen LogP contribution >= 0.6 is 7.14 Å². The normalized spacial score (nSPS) is 12.8. The van der Waals surface area contributed by atoms with Crippen LogP contribution in [0.4, 0.5) is 26.3 Å². The highest BCUT2D eigenvalue weighted by molar-refractivity contribution is 7.85. The smallest absolute Gasteiger partial charge is 0.309 e. The Labute approximate surface area is 225 Å². The summed E-state index contributed by atoms with van der Waals surface area (Å²) in [5, 5.41) is 6.03. The number of fused-ring (bicyclic) bond motifs is 6. The lowest BCUT2D eigenvalue weighted by Crippen LogP contribution is -2.26. The largest absolute Gasteiger partial charge is 0.416 e. The monoisotopic (exact) mass is 564 g/mol. The Morgan fingerprint density at radius 3 is 1.10 bits per heavy atom. The molecule has 1 nitrogen and oxygen atoms in total. The quantitative estimate of drug-likeness (QED) is 0.119. The first-order valence-corrected chi connectivity index (χ1v) is 14.0. The van der Waals surface area contributed by atoms with Crippen molar-refractivity contribution in [2.45, 2.75) is 12.4 Å². The molecule has 0 aliphatic rings. The van der Waals surface area contributed by atoms with Gasteiger partial charge in [-0.1, -0.05) is 84.9 Å². The Morgan fingerprint density at radius 2 is 0.725 bits per heavy atom. The average molecular weight is 564 g/mol. The maximum Gasteiger partial charge on any atom is 0.416 e. The van der Waals surface area contributed by atoms with Crippen LogP contribution in [0.1, 0.15) is 11.1 Å². The molecule has 0 heterocycles. The summed E-state index contributed by atoms with van der Waals surface area (Å²) < 4.78 is 94.8. The van der Waals surface area contributed by atoms with Gasteiger partial charge in [0.15, 0.2) is 7.14 Å². The van der Waals surface area contributed by atoms with Crippen molar-refractivity contribution in [3.8, 4) is 0 Å². The van der Waals surface area contributed by atoms with E-state index in [0.29, 0.717) is 5.30 Å². The molecule has 0 saturated carbocycles. The average Bonchev–Trinajstić information content (AvgIpc) is 2.96. The van der Waals surface area contributed by atoms with Gasteiger partial charge < -0.3 is 4.57 Å². The fraction of sp³-hybridized carbons (Fsp3) is 0.0625. The van der Waals surface area contributed by atoms with Gasteiger partial charge in [0.2, 0.25) is 0 Å². The van der Waals surface area contributed by atoms with Gasteiger partial charge in [-0.25, -0.2) is 0 Å². The van der Waals surface area contributed by atoms with Gasteiger partial charge in [0, 0.05) is 15.9 Å². The lowest BCUT2D eigenvalue weighted by molar-refractivity contribution is -0.138. The summed E-state index contributed by atoms with van der Waals surface area (Å²) in [4.78, 5) is 0. The second-order valence-corrected chi connectivity index (χ2v) is 12.3. The Bertz CT molecular complexity index is 1840. The lowest BCUT2D eigenvalue weighted by atomic mass is 9.94. The number of alkyl halides is 6. The third-order valence-electron chi connectivity index (χ3n) is 7.21. The van der Waals surface area contributed by atoms with Crippen LogP contribution in [-0.2, 0) is 16.9 Å². The zero-order valence-corrected chi connectivity index (χ0v) is 21.5. The summed E-state index contributed by atoms with van der Waals surface area (Å²) in [6, 6.07) is 28.7. The Kier molecular flexibility index (Phi) is 6.04. The molecule has 0 fully saturated rings. The molecule has 0 saturated heterocycles. The minimum Gasteiger partial charge on any atom is -0.309 e. The van der Waals surface area contributed by atoms with Crippen LogP contribution in [0.15, 0.2) is 115 Å². The van der Waals surface area contributed by atoms with E-state index >= 15 is 4.57 Å². The molecular weight excluding hydrogens is 545 g/mol. The molecular formula is C32H19F6OP. The highest BCUT2D eigenvalue weighted by Crippen LogP contribution is 2.45. The van der Waals surface area contributed by atoms with Crippen LogP contribution in [0.5, 0.6) is 0 Å². The molecule has 8 heteroatoms. The van der Waals surface area contributed by atoms with E-state index in [1.54, 1.807) is 12.1 Å². The van der Waals surface area contributed by atoms with Crippen LogP contribution in [0.3, 0.4) is 0 Å². The van der Waals surface area contributed by atoms with Crippen LogP contribution in [0.25, 0.3) is 32.3 Å². The lowest BCUT2D eigenvalue weighted by Gasteiger charge is -2.22. The van der Waals surface area contributed by atoms with E-state index < -0.39 is 30.6 Å². The highest BCUT2D eigenvalue weighted by atomic mass is 31.2. The van der Waals surface area contributed by atoms with Crippen molar-refractivity contribution in [3.05, 3.63) is 126 Å². The molecule has 0 aromatic heterocycles. The second kappa shape index (κ2) is 9.24. The van der Waals surface area contributed by atoms with Gasteiger partial charge in [0.25, 0.3) is 0 Å². The van der Waals surface area contributed by atoms with Gasteiger partial charge in [-0.05, 0) is 62.6 Å². The van der Waals surface area contributed by atoms with Crippen molar-refractivity contribution in [2.75, 3.05) is 0 Å². The van der Waals surface area contributed by atoms with Crippen molar-refractivity contribution >= 4 is 55.4 Å². The van der Waals surface area contributed by atoms with E-state index in [1.807, 2.05) is 54.6 Å². The Balaban J connectivity index is 1.64. The Hall–Kier alpha value is -4.09. The predicted molar refractivity (Wildman–Crippen MR) is 148 cm³/mol. The molecule has 40 heavy (non-hydrogen) atoms. The van der Waals surface area contributed by atoms with Crippen LogP contribution < -0.4 is 15.9 Å². The van der Waals surface area contributed by atoms with Crippen LogP contribution in [0, 0.1) is 0 Å². The fourth-order valence-corrected chi connectivity index (χ4v) is 7.89. The molecule has 0 radical (unpaired) electrons. The third kappa shape index (κ3) is 4.25. The van der Waals surface area contributed by atoms with Crippen molar-refractivity contribution < 1.29 is 30.9 Å². The minimum absolute atomic E-state index is 0.0877. The van der Waals surface area contributed by atoms with E-state index in [-0.39, 0.29) is 10.6 Å². The van der Waals surface area contributed by atoms with Gasteiger partial charge in [0.1, 0.15) is 0 Å². The maximum absolute atomic E-state index is 15.0. The first-order chi connectivity index (χ1) is 19.0. The van der Waals surface area contributed by atoms with E-state index in [0.717, 1.165) is 80.8 Å². The number of halogens is 6. The molecule has 200 valence electrons. The van der Waals surface area contributed by atoms with Gasteiger partial charge in [-0.15, -0.1) is 0 Å². The van der Waals surface area contributed by atoms with Crippen molar-refractivity contribution in [2.24, 2.45) is 0 Å². The first kappa shape index (κ1) is 26.1. The molecule has 0 amide bonds. The summed E-state index contributed by atoms with van der Waals surface area (Å²) in [5.41, 5.74) is -1.82. The number of rotatable bonds is 3. The number of hydrogen-bond donors (Lipinski definition) is 0.